The molecule has 0 aliphatic carbocycles. The van der Waals surface area contributed by atoms with Crippen molar-refractivity contribution >= 4 is 17.2 Å². The molecule has 0 bridgehead atoms. The SMILES string of the molecule is Cc1ncc(CN(C)C(=O)[C@H]2CCCNC2)s1. The maximum atomic E-state index is 12.2. The van der Waals surface area contributed by atoms with Crippen molar-refractivity contribution in [3.05, 3.63) is 16.1 Å². The third-order valence-corrected chi connectivity index (χ3v) is 3.98. The molecule has 1 aromatic heterocycles. The van der Waals surface area contributed by atoms with Gasteiger partial charge in [0.15, 0.2) is 0 Å². The maximum absolute atomic E-state index is 12.2. The number of rotatable bonds is 3. The van der Waals surface area contributed by atoms with Crippen molar-refractivity contribution in [1.29, 1.82) is 0 Å². The molecule has 5 heteroatoms. The molecule has 1 aromatic rings. The third-order valence-electron chi connectivity index (χ3n) is 3.08. The second-order valence-corrected chi connectivity index (χ2v) is 5.90. The molecule has 94 valence electrons. The number of hydrogen-bond donors (Lipinski definition) is 1. The van der Waals surface area contributed by atoms with E-state index in [-0.39, 0.29) is 11.8 Å². The van der Waals surface area contributed by atoms with Crippen LogP contribution in [0.2, 0.25) is 0 Å². The zero-order valence-electron chi connectivity index (χ0n) is 10.4. The minimum Gasteiger partial charge on any atom is -0.340 e. The molecule has 17 heavy (non-hydrogen) atoms. The minimum absolute atomic E-state index is 0.155. The summed E-state index contributed by atoms with van der Waals surface area (Å²) in [4.78, 5) is 19.4. The van der Waals surface area contributed by atoms with Gasteiger partial charge in [0.1, 0.15) is 0 Å². The van der Waals surface area contributed by atoms with E-state index in [1.165, 1.54) is 0 Å². The smallest absolute Gasteiger partial charge is 0.227 e. The lowest BCUT2D eigenvalue weighted by molar-refractivity contribution is -0.135. The summed E-state index contributed by atoms with van der Waals surface area (Å²) in [5, 5.41) is 4.34. The predicted octanol–water partition coefficient (Wildman–Crippen LogP) is 1.41. The van der Waals surface area contributed by atoms with Gasteiger partial charge in [0.2, 0.25) is 5.91 Å². The van der Waals surface area contributed by atoms with E-state index in [0.29, 0.717) is 6.54 Å². The van der Waals surface area contributed by atoms with Gasteiger partial charge in [-0.15, -0.1) is 11.3 Å². The van der Waals surface area contributed by atoms with Crippen LogP contribution in [0.1, 0.15) is 22.7 Å². The summed E-state index contributed by atoms with van der Waals surface area (Å²) in [6.07, 6.45) is 3.98. The monoisotopic (exact) mass is 253 g/mol. The number of aryl methyl sites for hydroxylation is 1. The van der Waals surface area contributed by atoms with E-state index in [0.717, 1.165) is 35.8 Å². The fourth-order valence-corrected chi connectivity index (χ4v) is 3.01. The van der Waals surface area contributed by atoms with Gasteiger partial charge in [-0.05, 0) is 26.3 Å². The standard InChI is InChI=1S/C12H19N3OS/c1-9-14-7-11(17-9)8-15(2)12(16)10-4-3-5-13-6-10/h7,10,13H,3-6,8H2,1-2H3/t10-/m0/s1. The molecule has 1 amide bonds. The van der Waals surface area contributed by atoms with Crippen molar-refractivity contribution in [2.45, 2.75) is 26.3 Å². The number of nitrogens with zero attached hydrogens (tertiary/aromatic N) is 2. The van der Waals surface area contributed by atoms with E-state index in [2.05, 4.69) is 10.3 Å². The first-order valence-corrected chi connectivity index (χ1v) is 6.85. The largest absolute Gasteiger partial charge is 0.340 e. The summed E-state index contributed by atoms with van der Waals surface area (Å²) < 4.78 is 0. The number of carbonyl (C=O) groups is 1. The fraction of sp³-hybridized carbons (Fsp3) is 0.667. The summed E-state index contributed by atoms with van der Waals surface area (Å²) in [5.41, 5.74) is 0. The number of thiazole rings is 1. The van der Waals surface area contributed by atoms with Crippen LogP contribution in [-0.2, 0) is 11.3 Å². The van der Waals surface area contributed by atoms with Crippen LogP contribution in [0.3, 0.4) is 0 Å². The second kappa shape index (κ2) is 5.60. The molecule has 1 fully saturated rings. The van der Waals surface area contributed by atoms with Crippen LogP contribution in [0.5, 0.6) is 0 Å². The maximum Gasteiger partial charge on any atom is 0.227 e. The van der Waals surface area contributed by atoms with Gasteiger partial charge in [-0.25, -0.2) is 4.98 Å². The van der Waals surface area contributed by atoms with Gasteiger partial charge in [-0.3, -0.25) is 4.79 Å². The number of hydrogen-bond acceptors (Lipinski definition) is 4. The molecule has 0 aromatic carbocycles. The quantitative estimate of drug-likeness (QED) is 0.886. The third kappa shape index (κ3) is 3.26. The Morgan fingerprint density at radius 3 is 3.12 bits per heavy atom. The Bertz CT molecular complexity index is 385. The molecule has 1 N–H and O–H groups in total. The molecule has 1 atom stereocenters. The predicted molar refractivity (Wildman–Crippen MR) is 68.9 cm³/mol. The van der Waals surface area contributed by atoms with E-state index in [4.69, 9.17) is 0 Å². The Hall–Kier alpha value is -0.940. The first kappa shape index (κ1) is 12.5. The minimum atomic E-state index is 0.155. The number of aromatic nitrogens is 1. The van der Waals surface area contributed by atoms with Crippen LogP contribution in [0.25, 0.3) is 0 Å². The van der Waals surface area contributed by atoms with Crippen LogP contribution >= 0.6 is 11.3 Å². The molecule has 0 saturated carbocycles. The van der Waals surface area contributed by atoms with E-state index in [1.807, 2.05) is 25.1 Å². The van der Waals surface area contributed by atoms with Gasteiger partial charge in [-0.1, -0.05) is 0 Å². The highest BCUT2D eigenvalue weighted by Gasteiger charge is 2.24. The van der Waals surface area contributed by atoms with Crippen molar-refractivity contribution in [3.8, 4) is 0 Å². The van der Waals surface area contributed by atoms with Crippen molar-refractivity contribution in [1.82, 2.24) is 15.2 Å². The highest BCUT2D eigenvalue weighted by Crippen LogP contribution is 2.17. The van der Waals surface area contributed by atoms with Crippen molar-refractivity contribution < 1.29 is 4.79 Å². The first-order chi connectivity index (χ1) is 8.16. The number of nitrogens with one attached hydrogen (secondary N) is 1. The van der Waals surface area contributed by atoms with Crippen LogP contribution < -0.4 is 5.32 Å². The van der Waals surface area contributed by atoms with Gasteiger partial charge >= 0.3 is 0 Å². The molecule has 4 nitrogen and oxygen atoms in total. The Balaban J connectivity index is 1.90. The highest BCUT2D eigenvalue weighted by atomic mass is 32.1. The molecule has 1 aliphatic rings. The molecule has 0 spiro atoms. The normalized spacial score (nSPS) is 20.2. The number of amides is 1. The fourth-order valence-electron chi connectivity index (χ4n) is 2.16. The lowest BCUT2D eigenvalue weighted by atomic mass is 9.98. The Labute approximate surface area is 106 Å². The van der Waals surface area contributed by atoms with Crippen LogP contribution in [0, 0.1) is 12.8 Å². The highest BCUT2D eigenvalue weighted by molar-refractivity contribution is 7.11. The molecule has 0 unspecified atom stereocenters. The molecular weight excluding hydrogens is 234 g/mol. The van der Waals surface area contributed by atoms with Crippen LogP contribution in [-0.4, -0.2) is 35.9 Å². The Morgan fingerprint density at radius 2 is 2.53 bits per heavy atom. The summed E-state index contributed by atoms with van der Waals surface area (Å²) in [7, 11) is 1.88. The van der Waals surface area contributed by atoms with E-state index in [9.17, 15) is 4.79 Å². The average molecular weight is 253 g/mol. The molecule has 0 radical (unpaired) electrons. The van der Waals surface area contributed by atoms with Gasteiger partial charge in [0, 0.05) is 24.7 Å². The van der Waals surface area contributed by atoms with E-state index in [1.54, 1.807) is 11.3 Å². The second-order valence-electron chi connectivity index (χ2n) is 4.58. The summed E-state index contributed by atoms with van der Waals surface area (Å²) in [5.74, 6) is 0.408. The summed E-state index contributed by atoms with van der Waals surface area (Å²) in [6.45, 7) is 4.54. The zero-order valence-corrected chi connectivity index (χ0v) is 11.2. The van der Waals surface area contributed by atoms with E-state index >= 15 is 0 Å². The van der Waals surface area contributed by atoms with Gasteiger partial charge in [-0.2, -0.15) is 0 Å². The molecular formula is C12H19N3OS. The van der Waals surface area contributed by atoms with Gasteiger partial charge in [0.05, 0.1) is 17.5 Å². The van der Waals surface area contributed by atoms with Crippen molar-refractivity contribution in [3.63, 3.8) is 0 Å². The average Bonchev–Trinajstić information content (AvgIpc) is 2.75. The molecule has 2 heterocycles. The molecule has 2 rings (SSSR count). The Morgan fingerprint density at radius 1 is 1.71 bits per heavy atom. The zero-order chi connectivity index (χ0) is 12.3. The Kier molecular flexibility index (Phi) is 4.12. The first-order valence-electron chi connectivity index (χ1n) is 6.04. The van der Waals surface area contributed by atoms with Crippen LogP contribution in [0.4, 0.5) is 0 Å². The number of carbonyl (C=O) groups excluding carboxylic acids is 1. The lowest BCUT2D eigenvalue weighted by Gasteiger charge is -2.26. The van der Waals surface area contributed by atoms with Gasteiger partial charge < -0.3 is 10.2 Å². The van der Waals surface area contributed by atoms with Crippen LogP contribution in [0.15, 0.2) is 6.20 Å². The molecule has 1 aliphatic heterocycles. The summed E-state index contributed by atoms with van der Waals surface area (Å²) >= 11 is 1.66. The number of piperidine rings is 1. The van der Waals surface area contributed by atoms with Crippen molar-refractivity contribution in [2.24, 2.45) is 5.92 Å². The van der Waals surface area contributed by atoms with E-state index < -0.39 is 0 Å². The lowest BCUT2D eigenvalue weighted by Crippen LogP contribution is -2.41. The van der Waals surface area contributed by atoms with Crippen molar-refractivity contribution in [2.75, 3.05) is 20.1 Å². The molecule has 1 saturated heterocycles. The van der Waals surface area contributed by atoms with Gasteiger partial charge in [0.25, 0.3) is 0 Å². The topological polar surface area (TPSA) is 45.2 Å². The summed E-state index contributed by atoms with van der Waals surface area (Å²) in [6, 6.07) is 0.